The molecule has 0 bridgehead atoms. The number of thiazole rings is 1. The lowest BCUT2D eigenvalue weighted by Gasteiger charge is -2.06. The fourth-order valence-corrected chi connectivity index (χ4v) is 4.20. The van der Waals surface area contributed by atoms with Crippen molar-refractivity contribution < 1.29 is 18.4 Å². The minimum atomic E-state index is -2.19. The smallest absolute Gasteiger partial charge is 0.251 e. The Morgan fingerprint density at radius 1 is 0.970 bits per heavy atom. The van der Waals surface area contributed by atoms with Crippen LogP contribution in [0.3, 0.4) is 0 Å². The minimum Gasteiger partial charge on any atom is -0.343 e. The average Bonchev–Trinajstić information content (AvgIpc) is 3.31. The summed E-state index contributed by atoms with van der Waals surface area (Å²) in [7, 11) is 0. The van der Waals surface area contributed by atoms with Gasteiger partial charge in [0.1, 0.15) is 0 Å². The number of aromatic nitrogens is 2. The molecule has 8 nitrogen and oxygen atoms in total. The Kier molecular flexibility index (Phi) is 6.98. The summed E-state index contributed by atoms with van der Waals surface area (Å²) in [5.74, 6) is -0.957. The quantitative estimate of drug-likeness (QED) is 0.347. The summed E-state index contributed by atoms with van der Waals surface area (Å²) in [5, 5.41) is 7.42. The van der Waals surface area contributed by atoms with Crippen LogP contribution in [0.25, 0.3) is 22.4 Å². The van der Waals surface area contributed by atoms with Crippen LogP contribution >= 0.6 is 11.3 Å². The molecule has 1 unspecified atom stereocenters. The van der Waals surface area contributed by atoms with Crippen molar-refractivity contribution in [3.8, 4) is 22.4 Å². The molecule has 0 aliphatic rings. The van der Waals surface area contributed by atoms with Gasteiger partial charge in [0.2, 0.25) is 5.91 Å². The maximum absolute atomic E-state index is 12.3. The fraction of sp³-hybridized carbons (Fsp3) is 0.0435. The molecule has 0 saturated carbocycles. The van der Waals surface area contributed by atoms with E-state index in [4.69, 9.17) is 4.55 Å². The Hall–Kier alpha value is -3.73. The highest BCUT2D eigenvalue weighted by Crippen LogP contribution is 2.28. The summed E-state index contributed by atoms with van der Waals surface area (Å²) >= 11 is -0.907. The zero-order valence-electron chi connectivity index (χ0n) is 17.1. The number of amides is 2. The van der Waals surface area contributed by atoms with Gasteiger partial charge in [0.15, 0.2) is 16.2 Å². The Morgan fingerprint density at radius 2 is 1.73 bits per heavy atom. The van der Waals surface area contributed by atoms with Crippen molar-refractivity contribution in [2.75, 3.05) is 11.9 Å². The molecule has 0 radical (unpaired) electrons. The number of hydrogen-bond donors (Lipinski definition) is 3. The topological polar surface area (TPSA) is 121 Å². The second-order valence-corrected chi connectivity index (χ2v) is 8.69. The summed E-state index contributed by atoms with van der Waals surface area (Å²) in [4.78, 5) is 33.1. The van der Waals surface area contributed by atoms with Crippen molar-refractivity contribution in [1.29, 1.82) is 0 Å². The number of carbonyl (C=O) groups excluding carboxylic acids is 2. The van der Waals surface area contributed by atoms with Gasteiger partial charge in [0, 0.05) is 28.9 Å². The molecule has 0 fully saturated rings. The molecule has 0 aliphatic carbocycles. The first-order valence-electron chi connectivity index (χ1n) is 9.75. The SMILES string of the molecule is O=C(CNC(=O)c1cccc(S(=O)O)c1)Nc1nc(-c2cccc(-c3ccncc3)c2)cs1. The Morgan fingerprint density at radius 3 is 2.52 bits per heavy atom. The molecule has 4 rings (SSSR count). The zero-order chi connectivity index (χ0) is 23.2. The van der Waals surface area contributed by atoms with E-state index < -0.39 is 22.9 Å². The summed E-state index contributed by atoms with van der Waals surface area (Å²) in [5.41, 5.74) is 3.90. The van der Waals surface area contributed by atoms with Gasteiger partial charge < -0.3 is 15.2 Å². The lowest BCUT2D eigenvalue weighted by atomic mass is 10.0. The highest BCUT2D eigenvalue weighted by molar-refractivity contribution is 7.79. The molecule has 0 spiro atoms. The van der Waals surface area contributed by atoms with E-state index in [9.17, 15) is 13.8 Å². The minimum absolute atomic E-state index is 0.107. The predicted molar refractivity (Wildman–Crippen MR) is 127 cm³/mol. The maximum Gasteiger partial charge on any atom is 0.251 e. The average molecular weight is 479 g/mol. The molecule has 2 amide bonds. The monoisotopic (exact) mass is 478 g/mol. The Balaban J connectivity index is 1.37. The van der Waals surface area contributed by atoms with Crippen LogP contribution in [-0.2, 0) is 15.9 Å². The highest BCUT2D eigenvalue weighted by atomic mass is 32.2. The first-order chi connectivity index (χ1) is 16.0. The van der Waals surface area contributed by atoms with Gasteiger partial charge in [0.25, 0.3) is 5.91 Å². The molecule has 1 atom stereocenters. The van der Waals surface area contributed by atoms with E-state index in [-0.39, 0.29) is 17.0 Å². The third kappa shape index (κ3) is 5.75. The van der Waals surface area contributed by atoms with Crippen molar-refractivity contribution in [2.24, 2.45) is 0 Å². The van der Waals surface area contributed by atoms with Gasteiger partial charge in [-0.3, -0.25) is 14.6 Å². The number of carbonyl (C=O) groups is 2. The first kappa shape index (κ1) is 22.5. The van der Waals surface area contributed by atoms with Gasteiger partial charge in [-0.25, -0.2) is 9.19 Å². The van der Waals surface area contributed by atoms with Crippen LogP contribution in [-0.4, -0.2) is 37.1 Å². The number of nitrogens with zero attached hydrogens (tertiary/aromatic N) is 2. The van der Waals surface area contributed by atoms with E-state index in [1.807, 2.05) is 41.8 Å². The molecule has 2 aromatic carbocycles. The first-order valence-corrected chi connectivity index (χ1v) is 11.7. The largest absolute Gasteiger partial charge is 0.343 e. The Labute approximate surface area is 196 Å². The van der Waals surface area contributed by atoms with Crippen molar-refractivity contribution in [1.82, 2.24) is 15.3 Å². The number of benzene rings is 2. The van der Waals surface area contributed by atoms with E-state index in [1.165, 1.54) is 35.6 Å². The summed E-state index contributed by atoms with van der Waals surface area (Å²) in [6.45, 7) is -0.266. The lowest BCUT2D eigenvalue weighted by Crippen LogP contribution is -2.32. The zero-order valence-corrected chi connectivity index (χ0v) is 18.7. The second kappa shape index (κ2) is 10.3. The molecule has 4 aromatic rings. The van der Waals surface area contributed by atoms with Crippen molar-refractivity contribution in [3.63, 3.8) is 0 Å². The van der Waals surface area contributed by atoms with Crippen LogP contribution in [0.5, 0.6) is 0 Å². The molecule has 166 valence electrons. The Bertz CT molecular complexity index is 1320. The highest BCUT2D eigenvalue weighted by Gasteiger charge is 2.12. The van der Waals surface area contributed by atoms with Gasteiger partial charge in [0.05, 0.1) is 17.1 Å². The molecule has 3 N–H and O–H groups in total. The third-order valence-corrected chi connectivity index (χ3v) is 6.04. The van der Waals surface area contributed by atoms with Crippen LogP contribution in [0.4, 0.5) is 5.13 Å². The molecule has 33 heavy (non-hydrogen) atoms. The van der Waals surface area contributed by atoms with Gasteiger partial charge in [-0.05, 0) is 47.5 Å². The number of pyridine rings is 1. The van der Waals surface area contributed by atoms with Crippen LogP contribution in [0, 0.1) is 0 Å². The third-order valence-electron chi connectivity index (χ3n) is 4.63. The number of rotatable bonds is 7. The molecule has 10 heteroatoms. The van der Waals surface area contributed by atoms with E-state index in [1.54, 1.807) is 12.4 Å². The number of anilines is 1. The molecule has 2 heterocycles. The lowest BCUT2D eigenvalue weighted by molar-refractivity contribution is -0.115. The van der Waals surface area contributed by atoms with Crippen molar-refractivity contribution >= 4 is 39.4 Å². The van der Waals surface area contributed by atoms with Crippen LogP contribution < -0.4 is 10.6 Å². The standard InChI is InChI=1S/C23H18N4O4S2/c28-21(13-25-22(29)18-5-2-6-19(12-18)33(30)31)27-23-26-20(14-32-23)17-4-1-3-16(11-17)15-7-9-24-10-8-15/h1-12,14H,13H2,(H,25,29)(H,30,31)(H,26,27,28). The van der Waals surface area contributed by atoms with Crippen LogP contribution in [0.1, 0.15) is 10.4 Å². The molecular formula is C23H18N4O4S2. The summed E-state index contributed by atoms with van der Waals surface area (Å²) in [6, 6.07) is 17.5. The summed E-state index contributed by atoms with van der Waals surface area (Å²) < 4.78 is 20.3. The van der Waals surface area contributed by atoms with Crippen LogP contribution in [0.2, 0.25) is 0 Å². The second-order valence-electron chi connectivity index (χ2n) is 6.86. The van der Waals surface area contributed by atoms with Crippen molar-refractivity contribution in [2.45, 2.75) is 4.90 Å². The number of hydrogen-bond acceptors (Lipinski definition) is 6. The normalized spacial score (nSPS) is 11.5. The van der Waals surface area contributed by atoms with E-state index in [0.717, 1.165) is 22.4 Å². The van der Waals surface area contributed by atoms with Gasteiger partial charge >= 0.3 is 0 Å². The molecule has 2 aromatic heterocycles. The molecular weight excluding hydrogens is 460 g/mol. The van der Waals surface area contributed by atoms with Gasteiger partial charge in [-0.1, -0.05) is 24.3 Å². The van der Waals surface area contributed by atoms with E-state index >= 15 is 0 Å². The summed E-state index contributed by atoms with van der Waals surface area (Å²) in [6.07, 6.45) is 3.48. The molecule has 0 saturated heterocycles. The van der Waals surface area contributed by atoms with Crippen LogP contribution in [0.15, 0.2) is 83.3 Å². The maximum atomic E-state index is 12.3. The predicted octanol–water partition coefficient (Wildman–Crippen LogP) is 3.82. The van der Waals surface area contributed by atoms with Crippen molar-refractivity contribution in [3.05, 3.63) is 84.0 Å². The molecule has 0 aliphatic heterocycles. The fourth-order valence-electron chi connectivity index (χ4n) is 3.04. The van der Waals surface area contributed by atoms with E-state index in [0.29, 0.717) is 5.13 Å². The van der Waals surface area contributed by atoms with E-state index in [2.05, 4.69) is 20.6 Å². The van der Waals surface area contributed by atoms with Gasteiger partial charge in [-0.15, -0.1) is 11.3 Å². The van der Waals surface area contributed by atoms with Gasteiger partial charge in [-0.2, -0.15) is 0 Å². The number of nitrogens with one attached hydrogen (secondary N) is 2.